The fourth-order valence-corrected chi connectivity index (χ4v) is 0.870. The maximum atomic E-state index is 11.1. The lowest BCUT2D eigenvalue weighted by molar-refractivity contribution is -0.121. The van der Waals surface area contributed by atoms with E-state index in [-0.39, 0.29) is 12.0 Å². The van der Waals surface area contributed by atoms with Crippen molar-refractivity contribution in [2.45, 2.75) is 32.3 Å². The second-order valence-electron chi connectivity index (χ2n) is 3.08. The van der Waals surface area contributed by atoms with Gasteiger partial charge >= 0.3 is 0 Å². The normalized spacial score (nSPS) is 12.5. The van der Waals surface area contributed by atoms with E-state index in [4.69, 9.17) is 10.5 Å². The number of nitrogens with two attached hydrogens (primary N) is 1. The van der Waals surface area contributed by atoms with Gasteiger partial charge in [0.15, 0.2) is 0 Å². The summed E-state index contributed by atoms with van der Waals surface area (Å²) in [5, 5.41) is 2.79. The Labute approximate surface area is 79.8 Å². The highest BCUT2D eigenvalue weighted by atomic mass is 16.5. The van der Waals surface area contributed by atoms with Crippen molar-refractivity contribution in [3.8, 4) is 0 Å². The van der Waals surface area contributed by atoms with Gasteiger partial charge in [-0.2, -0.15) is 0 Å². The number of hydrogen-bond acceptors (Lipinski definition) is 3. The van der Waals surface area contributed by atoms with Gasteiger partial charge in [0.2, 0.25) is 5.91 Å². The third-order valence-electron chi connectivity index (χ3n) is 1.88. The van der Waals surface area contributed by atoms with Crippen LogP contribution in [0.2, 0.25) is 0 Å². The molecule has 4 nitrogen and oxygen atoms in total. The molecule has 0 saturated carbocycles. The molecule has 0 aliphatic carbocycles. The molecule has 4 heteroatoms. The molecule has 0 spiro atoms. The van der Waals surface area contributed by atoms with Gasteiger partial charge in [-0.15, -0.1) is 0 Å². The Morgan fingerprint density at radius 2 is 2.31 bits per heavy atom. The van der Waals surface area contributed by atoms with Crippen molar-refractivity contribution in [2.24, 2.45) is 5.73 Å². The Kier molecular flexibility index (Phi) is 7.63. The molecule has 0 rings (SSSR count). The van der Waals surface area contributed by atoms with Crippen molar-refractivity contribution in [2.75, 3.05) is 20.2 Å². The second kappa shape index (κ2) is 8.01. The minimum atomic E-state index is 0.0809. The smallest absolute Gasteiger partial charge is 0.220 e. The van der Waals surface area contributed by atoms with Gasteiger partial charge in [-0.05, 0) is 26.3 Å². The maximum absolute atomic E-state index is 11.1. The van der Waals surface area contributed by atoms with Crippen LogP contribution >= 0.6 is 0 Å². The van der Waals surface area contributed by atoms with Crippen LogP contribution in [0, 0.1) is 0 Å². The molecule has 0 aromatic heterocycles. The summed E-state index contributed by atoms with van der Waals surface area (Å²) in [7, 11) is 1.65. The molecule has 0 aromatic rings. The van der Waals surface area contributed by atoms with Gasteiger partial charge in [-0.1, -0.05) is 0 Å². The number of nitrogens with one attached hydrogen (secondary N) is 1. The number of carbonyl (C=O) groups excluding carboxylic acids is 1. The topological polar surface area (TPSA) is 64.3 Å². The molecule has 0 bridgehead atoms. The van der Waals surface area contributed by atoms with Gasteiger partial charge in [0.25, 0.3) is 0 Å². The van der Waals surface area contributed by atoms with Crippen LogP contribution in [0.15, 0.2) is 0 Å². The third kappa shape index (κ3) is 7.74. The van der Waals surface area contributed by atoms with Gasteiger partial charge in [-0.25, -0.2) is 0 Å². The molecule has 3 N–H and O–H groups in total. The van der Waals surface area contributed by atoms with Crippen molar-refractivity contribution in [1.82, 2.24) is 5.32 Å². The van der Waals surface area contributed by atoms with E-state index in [9.17, 15) is 4.79 Å². The average molecular weight is 188 g/mol. The van der Waals surface area contributed by atoms with Gasteiger partial charge in [0.1, 0.15) is 0 Å². The largest absolute Gasteiger partial charge is 0.382 e. The van der Waals surface area contributed by atoms with E-state index < -0.39 is 0 Å². The number of ether oxygens (including phenoxy) is 1. The number of amides is 1. The quantitative estimate of drug-likeness (QED) is 0.563. The first-order valence-electron chi connectivity index (χ1n) is 4.70. The monoisotopic (exact) mass is 188 g/mol. The van der Waals surface area contributed by atoms with E-state index in [2.05, 4.69) is 5.32 Å². The Bertz CT molecular complexity index is 140. The van der Waals surface area contributed by atoms with E-state index in [1.165, 1.54) is 0 Å². The van der Waals surface area contributed by atoms with E-state index in [0.29, 0.717) is 19.5 Å². The summed E-state index contributed by atoms with van der Waals surface area (Å²) in [5.74, 6) is 0.0809. The number of rotatable bonds is 7. The molecule has 1 amide bonds. The van der Waals surface area contributed by atoms with Crippen LogP contribution in [0.5, 0.6) is 0 Å². The summed E-state index contributed by atoms with van der Waals surface area (Å²) >= 11 is 0. The van der Waals surface area contributed by atoms with Crippen LogP contribution in [0.1, 0.15) is 26.2 Å². The predicted molar refractivity (Wildman–Crippen MR) is 52.4 cm³/mol. The molecule has 0 fully saturated rings. The molecule has 0 heterocycles. The summed E-state index contributed by atoms with van der Waals surface area (Å²) < 4.78 is 5.03. The Morgan fingerprint density at radius 3 is 2.85 bits per heavy atom. The van der Waals surface area contributed by atoms with Crippen LogP contribution in [-0.4, -0.2) is 32.2 Å². The molecular formula is C9H20N2O2. The highest BCUT2D eigenvalue weighted by Gasteiger charge is 2.04. The molecule has 0 saturated heterocycles. The average Bonchev–Trinajstić information content (AvgIpc) is 2.14. The molecule has 1 unspecified atom stereocenters. The minimum absolute atomic E-state index is 0.0809. The molecule has 0 radical (unpaired) electrons. The Balaban J connectivity index is 3.30. The number of hydrogen-bond donors (Lipinski definition) is 2. The molecule has 13 heavy (non-hydrogen) atoms. The number of methoxy groups -OCH3 is 1. The van der Waals surface area contributed by atoms with Crippen LogP contribution in [-0.2, 0) is 9.53 Å². The van der Waals surface area contributed by atoms with Gasteiger partial charge in [-0.3, -0.25) is 4.79 Å². The van der Waals surface area contributed by atoms with Crippen molar-refractivity contribution in [1.29, 1.82) is 0 Å². The highest BCUT2D eigenvalue weighted by Crippen LogP contribution is 1.99. The van der Waals surface area contributed by atoms with Gasteiger partial charge < -0.3 is 15.8 Å². The van der Waals surface area contributed by atoms with Crippen molar-refractivity contribution in [3.63, 3.8) is 0 Å². The van der Waals surface area contributed by atoms with Crippen molar-refractivity contribution in [3.05, 3.63) is 0 Å². The van der Waals surface area contributed by atoms with Crippen molar-refractivity contribution >= 4 is 5.91 Å². The lowest BCUT2D eigenvalue weighted by Gasteiger charge is -2.08. The Hall–Kier alpha value is -0.610. The first-order valence-corrected chi connectivity index (χ1v) is 4.70. The second-order valence-corrected chi connectivity index (χ2v) is 3.08. The minimum Gasteiger partial charge on any atom is -0.382 e. The van der Waals surface area contributed by atoms with E-state index in [1.807, 2.05) is 6.92 Å². The highest BCUT2D eigenvalue weighted by molar-refractivity contribution is 5.75. The zero-order chi connectivity index (χ0) is 10.1. The van der Waals surface area contributed by atoms with E-state index >= 15 is 0 Å². The standard InChI is InChI=1S/C9H20N2O2/c1-8(13-2)4-5-9(12)11-7-3-6-10/h8H,3-7,10H2,1-2H3,(H,11,12). The van der Waals surface area contributed by atoms with Crippen LogP contribution in [0.3, 0.4) is 0 Å². The zero-order valence-electron chi connectivity index (χ0n) is 8.51. The molecular weight excluding hydrogens is 168 g/mol. The summed E-state index contributed by atoms with van der Waals surface area (Å²) in [6.45, 7) is 3.25. The summed E-state index contributed by atoms with van der Waals surface area (Å²) in [6, 6.07) is 0. The molecule has 0 aliphatic heterocycles. The zero-order valence-corrected chi connectivity index (χ0v) is 8.51. The van der Waals surface area contributed by atoms with E-state index in [1.54, 1.807) is 7.11 Å². The maximum Gasteiger partial charge on any atom is 0.220 e. The fourth-order valence-electron chi connectivity index (χ4n) is 0.870. The van der Waals surface area contributed by atoms with Gasteiger partial charge in [0, 0.05) is 20.1 Å². The van der Waals surface area contributed by atoms with Crippen LogP contribution in [0.25, 0.3) is 0 Å². The summed E-state index contributed by atoms with van der Waals surface area (Å²) in [6.07, 6.45) is 2.29. The molecule has 78 valence electrons. The summed E-state index contributed by atoms with van der Waals surface area (Å²) in [5.41, 5.74) is 5.29. The number of carbonyl (C=O) groups is 1. The SMILES string of the molecule is COC(C)CCC(=O)NCCCN. The first kappa shape index (κ1) is 12.4. The van der Waals surface area contributed by atoms with E-state index in [0.717, 1.165) is 12.8 Å². The first-order chi connectivity index (χ1) is 6.20. The lowest BCUT2D eigenvalue weighted by Crippen LogP contribution is -2.26. The predicted octanol–water partition coefficient (Wildman–Crippen LogP) is 0.267. The lowest BCUT2D eigenvalue weighted by atomic mass is 10.2. The van der Waals surface area contributed by atoms with Crippen LogP contribution < -0.4 is 11.1 Å². The summed E-state index contributed by atoms with van der Waals surface area (Å²) in [4.78, 5) is 11.1. The molecule has 0 aliphatic rings. The van der Waals surface area contributed by atoms with Crippen molar-refractivity contribution < 1.29 is 9.53 Å². The molecule has 1 atom stereocenters. The third-order valence-corrected chi connectivity index (χ3v) is 1.88. The van der Waals surface area contributed by atoms with Crippen LogP contribution in [0.4, 0.5) is 0 Å². The van der Waals surface area contributed by atoms with Gasteiger partial charge in [0.05, 0.1) is 6.10 Å². The molecule has 0 aromatic carbocycles. The fraction of sp³-hybridized carbons (Fsp3) is 0.889. The Morgan fingerprint density at radius 1 is 1.62 bits per heavy atom.